The number of aromatic amines is 1. The number of aromatic nitrogens is 4. The first-order chi connectivity index (χ1) is 13.2. The quantitative estimate of drug-likeness (QED) is 0.663. The van der Waals surface area contributed by atoms with E-state index in [4.69, 9.17) is 9.47 Å². The molecule has 0 saturated carbocycles. The largest absolute Gasteiger partial charge is 0.491 e. The fourth-order valence-electron chi connectivity index (χ4n) is 3.30. The highest BCUT2D eigenvalue weighted by molar-refractivity contribution is 5.90. The second-order valence-corrected chi connectivity index (χ2v) is 6.82. The van der Waals surface area contributed by atoms with Crippen molar-refractivity contribution in [3.8, 4) is 11.5 Å². The second-order valence-electron chi connectivity index (χ2n) is 6.82. The van der Waals surface area contributed by atoms with Gasteiger partial charge >= 0.3 is 0 Å². The Labute approximate surface area is 157 Å². The zero-order valence-electron chi connectivity index (χ0n) is 15.8. The Balaban J connectivity index is 1.52. The molecule has 3 aromatic rings. The Hall–Kier alpha value is -2.87. The minimum atomic E-state index is 0.559. The van der Waals surface area contributed by atoms with Gasteiger partial charge in [-0.2, -0.15) is 5.10 Å². The number of ether oxygens (including phenoxy) is 2. The van der Waals surface area contributed by atoms with Crippen LogP contribution in [-0.2, 0) is 0 Å². The molecule has 0 aliphatic carbocycles. The maximum Gasteiger partial charge on any atom is 0.179 e. The third-order valence-corrected chi connectivity index (χ3v) is 4.82. The molecule has 0 unspecified atom stereocenters. The number of hydrogen-bond acceptors (Lipinski definition) is 7. The van der Waals surface area contributed by atoms with Crippen LogP contribution < -0.4 is 14.8 Å². The Morgan fingerprint density at radius 3 is 2.89 bits per heavy atom. The van der Waals surface area contributed by atoms with Crippen LogP contribution in [0.25, 0.3) is 10.9 Å². The number of hydrogen-bond donors (Lipinski definition) is 2. The minimum absolute atomic E-state index is 0.559. The van der Waals surface area contributed by atoms with E-state index in [0.717, 1.165) is 36.2 Å². The molecule has 27 heavy (non-hydrogen) atoms. The molecular formula is C19H24N6O2. The number of H-pyrrole nitrogens is 1. The number of nitrogens with one attached hydrogen (secondary N) is 2. The lowest BCUT2D eigenvalue weighted by Crippen LogP contribution is -2.48. The predicted octanol–water partition coefficient (Wildman–Crippen LogP) is 2.74. The van der Waals surface area contributed by atoms with Crippen LogP contribution in [-0.4, -0.2) is 58.4 Å². The highest BCUT2D eigenvalue weighted by atomic mass is 16.5. The molecule has 1 aliphatic rings. The van der Waals surface area contributed by atoms with Gasteiger partial charge < -0.3 is 19.7 Å². The van der Waals surface area contributed by atoms with Crippen molar-refractivity contribution in [3.05, 3.63) is 30.2 Å². The zero-order chi connectivity index (χ0) is 18.8. The first-order valence-electron chi connectivity index (χ1n) is 9.13. The van der Waals surface area contributed by atoms with Crippen molar-refractivity contribution in [2.75, 3.05) is 38.7 Å². The fraction of sp³-hybridized carbons (Fsp3) is 0.421. The number of anilines is 2. The van der Waals surface area contributed by atoms with Gasteiger partial charge in [-0.05, 0) is 19.5 Å². The minimum Gasteiger partial charge on any atom is -0.491 e. The third-order valence-electron chi connectivity index (χ3n) is 4.82. The lowest BCUT2D eigenvalue weighted by molar-refractivity contribution is 0.0662. The molecule has 4 rings (SSSR count). The maximum absolute atomic E-state index is 6.03. The van der Waals surface area contributed by atoms with Crippen LogP contribution in [0.1, 0.15) is 12.6 Å². The molecule has 1 fully saturated rings. The summed E-state index contributed by atoms with van der Waals surface area (Å²) in [5, 5.41) is 11.2. The van der Waals surface area contributed by atoms with E-state index in [1.165, 1.54) is 0 Å². The van der Waals surface area contributed by atoms with E-state index in [1.807, 2.05) is 19.1 Å². The van der Waals surface area contributed by atoms with Crippen molar-refractivity contribution in [2.45, 2.75) is 13.8 Å². The molecule has 8 heteroatoms. The molecule has 0 atom stereocenters. The number of rotatable bonds is 7. The summed E-state index contributed by atoms with van der Waals surface area (Å²) in [4.78, 5) is 11.4. The average Bonchev–Trinajstić information content (AvgIpc) is 3.09. The molecular weight excluding hydrogens is 344 g/mol. The van der Waals surface area contributed by atoms with Gasteiger partial charge in [-0.15, -0.1) is 0 Å². The molecule has 8 nitrogen and oxygen atoms in total. The number of methoxy groups -OCH3 is 1. The summed E-state index contributed by atoms with van der Waals surface area (Å²) in [6.07, 6.45) is 3.42. The van der Waals surface area contributed by atoms with E-state index < -0.39 is 0 Å². The summed E-state index contributed by atoms with van der Waals surface area (Å²) in [6.45, 7) is 8.05. The molecule has 0 aromatic carbocycles. The summed E-state index contributed by atoms with van der Waals surface area (Å²) in [6, 6.07) is 3.81. The standard InChI is InChI=1S/C19H24N6O2/c1-4-25-9-13(10-25)11-27-16-6-18(20-8-17(16)26-3)23-19-14-7-21-24-15(14)5-12(2)22-19/h5-8,13H,4,9-11H2,1-3H3,(H,21,24)(H,20,22,23). The molecule has 0 radical (unpaired) electrons. The van der Waals surface area contributed by atoms with Gasteiger partial charge in [0.25, 0.3) is 0 Å². The van der Waals surface area contributed by atoms with Crippen LogP contribution in [0.5, 0.6) is 11.5 Å². The Morgan fingerprint density at radius 2 is 2.11 bits per heavy atom. The van der Waals surface area contributed by atoms with E-state index in [1.54, 1.807) is 19.5 Å². The van der Waals surface area contributed by atoms with E-state index in [-0.39, 0.29) is 0 Å². The van der Waals surface area contributed by atoms with Gasteiger partial charge in [0.1, 0.15) is 11.6 Å². The Kier molecular flexibility index (Phi) is 4.81. The van der Waals surface area contributed by atoms with Crippen LogP contribution in [0.15, 0.2) is 24.5 Å². The van der Waals surface area contributed by atoms with Crippen LogP contribution in [0.4, 0.5) is 11.6 Å². The van der Waals surface area contributed by atoms with E-state index >= 15 is 0 Å². The van der Waals surface area contributed by atoms with Gasteiger partial charge in [0.15, 0.2) is 11.5 Å². The molecule has 2 N–H and O–H groups in total. The first kappa shape index (κ1) is 17.5. The van der Waals surface area contributed by atoms with Crippen LogP contribution >= 0.6 is 0 Å². The maximum atomic E-state index is 6.03. The number of aryl methyl sites for hydroxylation is 1. The number of fused-ring (bicyclic) bond motifs is 1. The monoisotopic (exact) mass is 368 g/mol. The SMILES string of the molecule is CCN1CC(COc2cc(Nc3nc(C)cc4[nH]ncc34)ncc2OC)C1. The van der Waals surface area contributed by atoms with Crippen LogP contribution in [0, 0.1) is 12.8 Å². The number of nitrogens with zero attached hydrogens (tertiary/aromatic N) is 4. The fourth-order valence-corrected chi connectivity index (χ4v) is 3.30. The summed E-state index contributed by atoms with van der Waals surface area (Å²) in [5.74, 6) is 3.22. The Bertz CT molecular complexity index is 935. The smallest absolute Gasteiger partial charge is 0.179 e. The molecule has 142 valence electrons. The number of pyridine rings is 2. The second kappa shape index (κ2) is 7.40. The first-order valence-corrected chi connectivity index (χ1v) is 9.13. The van der Waals surface area contributed by atoms with Gasteiger partial charge in [0.2, 0.25) is 0 Å². The van der Waals surface area contributed by atoms with E-state index in [0.29, 0.717) is 35.7 Å². The predicted molar refractivity (Wildman–Crippen MR) is 104 cm³/mol. The van der Waals surface area contributed by atoms with Crippen molar-refractivity contribution >= 4 is 22.5 Å². The Morgan fingerprint density at radius 1 is 1.26 bits per heavy atom. The summed E-state index contributed by atoms with van der Waals surface area (Å²) < 4.78 is 11.4. The van der Waals surface area contributed by atoms with Gasteiger partial charge in [0.05, 0.1) is 37.0 Å². The van der Waals surface area contributed by atoms with Crippen molar-refractivity contribution in [1.29, 1.82) is 0 Å². The highest BCUT2D eigenvalue weighted by Crippen LogP contribution is 2.31. The van der Waals surface area contributed by atoms with Crippen molar-refractivity contribution < 1.29 is 9.47 Å². The molecule has 3 aromatic heterocycles. The summed E-state index contributed by atoms with van der Waals surface area (Å²) in [5.41, 5.74) is 1.82. The lowest BCUT2D eigenvalue weighted by atomic mass is 10.0. The molecule has 1 aliphatic heterocycles. The van der Waals surface area contributed by atoms with Gasteiger partial charge in [-0.25, -0.2) is 9.97 Å². The van der Waals surface area contributed by atoms with Gasteiger partial charge in [-0.1, -0.05) is 6.92 Å². The lowest BCUT2D eigenvalue weighted by Gasteiger charge is -2.38. The number of likely N-dealkylation sites (tertiary alicyclic amines) is 1. The topological polar surface area (TPSA) is 88.2 Å². The average molecular weight is 368 g/mol. The highest BCUT2D eigenvalue weighted by Gasteiger charge is 2.26. The summed E-state index contributed by atoms with van der Waals surface area (Å²) in [7, 11) is 1.62. The van der Waals surface area contributed by atoms with Gasteiger partial charge in [-0.3, -0.25) is 5.10 Å². The van der Waals surface area contributed by atoms with E-state index in [9.17, 15) is 0 Å². The van der Waals surface area contributed by atoms with Crippen LogP contribution in [0.3, 0.4) is 0 Å². The molecule has 4 heterocycles. The van der Waals surface area contributed by atoms with Crippen molar-refractivity contribution in [1.82, 2.24) is 25.1 Å². The third kappa shape index (κ3) is 3.66. The van der Waals surface area contributed by atoms with E-state index in [2.05, 4.69) is 37.3 Å². The molecule has 1 saturated heterocycles. The van der Waals surface area contributed by atoms with Gasteiger partial charge in [0, 0.05) is 30.8 Å². The molecule has 0 amide bonds. The molecule has 0 bridgehead atoms. The van der Waals surface area contributed by atoms with Crippen molar-refractivity contribution in [3.63, 3.8) is 0 Å². The van der Waals surface area contributed by atoms with Crippen LogP contribution in [0.2, 0.25) is 0 Å². The summed E-state index contributed by atoms with van der Waals surface area (Å²) >= 11 is 0. The molecule has 0 spiro atoms. The van der Waals surface area contributed by atoms with Crippen molar-refractivity contribution in [2.24, 2.45) is 5.92 Å². The zero-order valence-corrected chi connectivity index (χ0v) is 15.8. The normalized spacial score (nSPS) is 14.9.